The van der Waals surface area contributed by atoms with Gasteiger partial charge in [-0.15, -0.1) is 22.7 Å². The lowest BCUT2D eigenvalue weighted by molar-refractivity contribution is -0.387. The van der Waals surface area contributed by atoms with Crippen LogP contribution in [0, 0.1) is 10.1 Å². The summed E-state index contributed by atoms with van der Waals surface area (Å²) >= 11 is 5.43. The van der Waals surface area contributed by atoms with Crippen LogP contribution in [-0.2, 0) is 11.2 Å². The highest BCUT2D eigenvalue weighted by Crippen LogP contribution is 2.27. The normalized spacial score (nSPS) is 12.6. The number of benzene rings is 1. The zero-order valence-corrected chi connectivity index (χ0v) is 24.0. The maximum atomic E-state index is 12.7. The number of nitrogens with one attached hydrogen (secondary N) is 3. The highest BCUT2D eigenvalue weighted by atomic mass is 32.2. The van der Waals surface area contributed by atoms with Crippen LogP contribution in [0.2, 0.25) is 0 Å². The van der Waals surface area contributed by atoms with Gasteiger partial charge in [0.2, 0.25) is 5.91 Å². The molecular formula is C23H28N6O5S4. The van der Waals surface area contributed by atoms with Crippen molar-refractivity contribution >= 4 is 63.9 Å². The zero-order valence-electron chi connectivity index (χ0n) is 20.7. The Labute approximate surface area is 236 Å². The molecule has 0 saturated carbocycles. The van der Waals surface area contributed by atoms with Gasteiger partial charge in [-0.25, -0.2) is 14.7 Å². The highest BCUT2D eigenvalue weighted by Gasteiger charge is 2.25. The number of hydrogen-bond donors (Lipinski definition) is 4. The first kappa shape index (κ1) is 30.0. The van der Waals surface area contributed by atoms with Crippen molar-refractivity contribution < 1.29 is 19.6 Å². The summed E-state index contributed by atoms with van der Waals surface area (Å²) in [7, 11) is 0. The third-order valence-corrected chi connectivity index (χ3v) is 8.49. The number of aromatic nitrogens is 2. The smallest absolute Gasteiger partial charge is 0.284 e. The number of thiazole rings is 2. The predicted octanol–water partition coefficient (Wildman–Crippen LogP) is 3.36. The van der Waals surface area contributed by atoms with Crippen LogP contribution < -0.4 is 15.4 Å². The second-order valence-corrected chi connectivity index (χ2v) is 11.6. The van der Waals surface area contributed by atoms with Crippen molar-refractivity contribution in [3.05, 3.63) is 55.8 Å². The van der Waals surface area contributed by atoms with Crippen molar-refractivity contribution in [2.45, 2.75) is 36.8 Å². The molecule has 0 saturated heterocycles. The SMILES string of the molecule is CSCCCNC(=O)c1csc(-c2csc(CCNC(=O)[C@@H](NSc3ccccc3[N+](=O)[O-])[C@H](C)O)n2)n1. The number of nitro benzene ring substituents is 1. The van der Waals surface area contributed by atoms with Crippen molar-refractivity contribution in [3.63, 3.8) is 0 Å². The lowest BCUT2D eigenvalue weighted by Gasteiger charge is -2.20. The molecule has 0 aliphatic heterocycles. The molecule has 3 aromatic rings. The summed E-state index contributed by atoms with van der Waals surface area (Å²) in [5, 5.41) is 31.9. The molecular weight excluding hydrogens is 569 g/mol. The molecule has 1 aromatic carbocycles. The molecule has 2 amide bonds. The summed E-state index contributed by atoms with van der Waals surface area (Å²) in [5.41, 5.74) is 0.951. The molecule has 204 valence electrons. The number of nitro groups is 1. The van der Waals surface area contributed by atoms with E-state index in [1.165, 1.54) is 35.7 Å². The fraction of sp³-hybridized carbons (Fsp3) is 0.391. The number of rotatable bonds is 15. The number of nitrogens with zero attached hydrogens (tertiary/aromatic N) is 3. The maximum Gasteiger partial charge on any atom is 0.284 e. The Balaban J connectivity index is 1.49. The minimum Gasteiger partial charge on any atom is -0.391 e. The van der Waals surface area contributed by atoms with Gasteiger partial charge in [-0.05, 0) is 43.4 Å². The fourth-order valence-electron chi connectivity index (χ4n) is 3.12. The molecule has 3 rings (SSSR count). The van der Waals surface area contributed by atoms with Crippen molar-refractivity contribution in [2.24, 2.45) is 0 Å². The van der Waals surface area contributed by atoms with Crippen LogP contribution in [0.5, 0.6) is 0 Å². The molecule has 0 aliphatic carbocycles. The van der Waals surface area contributed by atoms with Gasteiger partial charge in [0.25, 0.3) is 11.6 Å². The molecule has 0 aliphatic rings. The predicted molar refractivity (Wildman–Crippen MR) is 153 cm³/mol. The number of amides is 2. The van der Waals surface area contributed by atoms with Gasteiger partial charge in [0, 0.05) is 36.3 Å². The minimum atomic E-state index is -1.03. The third kappa shape index (κ3) is 8.74. The van der Waals surface area contributed by atoms with Crippen LogP contribution in [0.3, 0.4) is 0 Å². The first-order valence-corrected chi connectivity index (χ1v) is 15.6. The Morgan fingerprint density at radius 3 is 2.68 bits per heavy atom. The molecule has 0 unspecified atom stereocenters. The van der Waals surface area contributed by atoms with E-state index < -0.39 is 23.0 Å². The average molecular weight is 597 g/mol. The van der Waals surface area contributed by atoms with Crippen molar-refractivity contribution in [1.82, 2.24) is 25.3 Å². The second-order valence-electron chi connectivity index (χ2n) is 7.97. The van der Waals surface area contributed by atoms with E-state index in [1.807, 2.05) is 11.6 Å². The number of hydrogen-bond acceptors (Lipinski definition) is 12. The van der Waals surface area contributed by atoms with E-state index in [0.717, 1.165) is 29.1 Å². The summed E-state index contributed by atoms with van der Waals surface area (Å²) in [6.45, 7) is 2.36. The second kappa shape index (κ2) is 15.1. The van der Waals surface area contributed by atoms with Gasteiger partial charge < -0.3 is 15.7 Å². The van der Waals surface area contributed by atoms with E-state index in [9.17, 15) is 24.8 Å². The Hall–Kier alpha value is -2.56. The number of aliphatic hydroxyl groups is 1. The van der Waals surface area contributed by atoms with Gasteiger partial charge in [0.05, 0.1) is 16.0 Å². The average Bonchev–Trinajstić information content (AvgIpc) is 3.57. The Morgan fingerprint density at radius 1 is 1.16 bits per heavy atom. The quantitative estimate of drug-likeness (QED) is 0.0887. The van der Waals surface area contributed by atoms with Crippen molar-refractivity contribution in [2.75, 3.05) is 25.1 Å². The standard InChI is InChI=1S/C23H28N6O5S4/c1-14(30)20(28-38-18-7-4-3-6-17(18)29(33)34)22(32)25-10-8-19-26-16(13-36-19)23-27-15(12-37-23)21(31)24-9-5-11-35-2/h3-4,6-7,12-14,20,28,30H,5,8-11H2,1-2H3,(H,24,31)(H,25,32)/t14-,20-/m0/s1. The van der Waals surface area contributed by atoms with Crippen LogP contribution >= 0.6 is 46.4 Å². The van der Waals surface area contributed by atoms with E-state index >= 15 is 0 Å². The summed E-state index contributed by atoms with van der Waals surface area (Å²) in [6.07, 6.45) is 2.36. The molecule has 0 radical (unpaired) electrons. The molecule has 15 heteroatoms. The largest absolute Gasteiger partial charge is 0.391 e. The Bertz CT molecular complexity index is 1230. The topological polar surface area (TPSA) is 159 Å². The van der Waals surface area contributed by atoms with Crippen molar-refractivity contribution in [1.29, 1.82) is 0 Å². The van der Waals surface area contributed by atoms with Gasteiger partial charge in [-0.1, -0.05) is 12.1 Å². The lowest BCUT2D eigenvalue weighted by atomic mass is 10.2. The molecule has 2 atom stereocenters. The van der Waals surface area contributed by atoms with E-state index in [4.69, 9.17) is 0 Å². The Morgan fingerprint density at radius 2 is 1.95 bits per heavy atom. The van der Waals surface area contributed by atoms with E-state index in [1.54, 1.807) is 35.3 Å². The minimum absolute atomic E-state index is 0.0894. The van der Waals surface area contributed by atoms with Crippen LogP contribution in [0.1, 0.15) is 28.8 Å². The van der Waals surface area contributed by atoms with E-state index in [0.29, 0.717) is 34.3 Å². The lowest BCUT2D eigenvalue weighted by Crippen LogP contribution is -2.48. The number of thioether (sulfide) groups is 1. The Kier molecular flexibility index (Phi) is 11.9. The summed E-state index contributed by atoms with van der Waals surface area (Å²) in [5.74, 6) is 0.349. The summed E-state index contributed by atoms with van der Waals surface area (Å²) in [4.78, 5) is 44.9. The maximum absolute atomic E-state index is 12.7. The number of carbonyl (C=O) groups excluding carboxylic acids is 2. The van der Waals surface area contributed by atoms with Crippen molar-refractivity contribution in [3.8, 4) is 10.7 Å². The van der Waals surface area contributed by atoms with Gasteiger partial charge in [0.1, 0.15) is 27.3 Å². The number of carbonyl (C=O) groups is 2. The molecule has 11 nitrogen and oxygen atoms in total. The van der Waals surface area contributed by atoms with Crippen LogP contribution in [0.15, 0.2) is 39.9 Å². The van der Waals surface area contributed by atoms with Gasteiger partial charge >= 0.3 is 0 Å². The zero-order chi connectivity index (χ0) is 27.5. The first-order valence-electron chi connectivity index (χ1n) is 11.6. The molecule has 0 fully saturated rings. The molecule has 0 spiro atoms. The highest BCUT2D eigenvalue weighted by molar-refractivity contribution is 7.98. The number of aliphatic hydroxyl groups excluding tert-OH is 1. The first-order chi connectivity index (χ1) is 18.3. The number of para-hydroxylation sites is 1. The fourth-order valence-corrected chi connectivity index (χ4v) is 6.13. The van der Waals surface area contributed by atoms with Crippen LogP contribution in [0.4, 0.5) is 5.69 Å². The molecule has 2 heterocycles. The van der Waals surface area contributed by atoms with Crippen LogP contribution in [-0.4, -0.2) is 69.1 Å². The summed E-state index contributed by atoms with van der Waals surface area (Å²) < 4.78 is 2.83. The van der Waals surface area contributed by atoms with E-state index in [-0.39, 0.29) is 18.1 Å². The van der Waals surface area contributed by atoms with Gasteiger partial charge in [-0.3, -0.25) is 19.7 Å². The molecule has 38 heavy (non-hydrogen) atoms. The monoisotopic (exact) mass is 596 g/mol. The molecule has 0 bridgehead atoms. The van der Waals surface area contributed by atoms with Gasteiger partial charge in [-0.2, -0.15) is 11.8 Å². The van der Waals surface area contributed by atoms with Gasteiger partial charge in [0.15, 0.2) is 0 Å². The van der Waals surface area contributed by atoms with Crippen LogP contribution in [0.25, 0.3) is 10.7 Å². The molecule has 2 aromatic heterocycles. The summed E-state index contributed by atoms with van der Waals surface area (Å²) in [6, 6.07) is 5.18. The van der Waals surface area contributed by atoms with E-state index in [2.05, 4.69) is 25.3 Å². The molecule has 4 N–H and O–H groups in total. The third-order valence-electron chi connectivity index (χ3n) is 5.08.